The summed E-state index contributed by atoms with van der Waals surface area (Å²) >= 11 is 6.05. The van der Waals surface area contributed by atoms with Gasteiger partial charge in [0.2, 0.25) is 0 Å². The van der Waals surface area contributed by atoms with Crippen molar-refractivity contribution in [3.63, 3.8) is 0 Å². The van der Waals surface area contributed by atoms with Gasteiger partial charge in [-0.2, -0.15) is 0 Å². The average molecular weight is 351 g/mol. The Balaban J connectivity index is 1.78. The molecule has 0 unspecified atom stereocenters. The fourth-order valence-electron chi connectivity index (χ4n) is 3.21. The maximum atomic E-state index is 6.05. The lowest BCUT2D eigenvalue weighted by Crippen LogP contribution is -2.26. The Kier molecular flexibility index (Phi) is 4.38. The standard InChI is InChI=1S/C20H19ClN4/c1-24-11-12-25(18-6-4-17(21)5-7-18)19-8-3-15(13-16(19)14-24)20-22-9-2-10-23-20/h2-10,13H,11-12,14H2,1H3. The number of nitrogens with zero attached hydrogens (tertiary/aromatic N) is 4. The van der Waals surface area contributed by atoms with Crippen molar-refractivity contribution in [1.29, 1.82) is 0 Å². The summed E-state index contributed by atoms with van der Waals surface area (Å²) in [6.45, 7) is 2.83. The Hall–Kier alpha value is -2.43. The summed E-state index contributed by atoms with van der Waals surface area (Å²) < 4.78 is 0. The molecule has 0 amide bonds. The SMILES string of the molecule is CN1CCN(c2ccc(Cl)cc2)c2ccc(-c3ncccn3)cc2C1. The maximum Gasteiger partial charge on any atom is 0.159 e. The molecule has 0 fully saturated rings. The van der Waals surface area contributed by atoms with Crippen LogP contribution in [0.25, 0.3) is 11.4 Å². The summed E-state index contributed by atoms with van der Waals surface area (Å²) in [7, 11) is 2.15. The van der Waals surface area contributed by atoms with Crippen LogP contribution in [0.4, 0.5) is 11.4 Å². The maximum absolute atomic E-state index is 6.05. The van der Waals surface area contributed by atoms with Crippen LogP contribution in [-0.2, 0) is 6.54 Å². The Morgan fingerprint density at radius 3 is 2.48 bits per heavy atom. The van der Waals surface area contributed by atoms with Crippen molar-refractivity contribution >= 4 is 23.0 Å². The first-order valence-corrected chi connectivity index (χ1v) is 8.70. The fraction of sp³-hybridized carbons (Fsp3) is 0.200. The van der Waals surface area contributed by atoms with Crippen molar-refractivity contribution in [3.8, 4) is 11.4 Å². The van der Waals surface area contributed by atoms with Crippen LogP contribution < -0.4 is 4.90 Å². The molecule has 4 rings (SSSR count). The zero-order chi connectivity index (χ0) is 17.2. The van der Waals surface area contributed by atoms with Crippen LogP contribution in [0.15, 0.2) is 60.9 Å². The van der Waals surface area contributed by atoms with Gasteiger partial charge in [-0.25, -0.2) is 9.97 Å². The minimum absolute atomic E-state index is 0.757. The van der Waals surface area contributed by atoms with Gasteiger partial charge < -0.3 is 9.80 Å². The molecule has 5 heteroatoms. The Labute approximate surface area is 152 Å². The monoisotopic (exact) mass is 350 g/mol. The molecule has 0 atom stereocenters. The average Bonchev–Trinajstić information content (AvgIpc) is 2.81. The topological polar surface area (TPSA) is 32.3 Å². The summed E-state index contributed by atoms with van der Waals surface area (Å²) in [6, 6.07) is 16.3. The molecule has 0 saturated carbocycles. The molecule has 0 N–H and O–H groups in total. The molecule has 126 valence electrons. The lowest BCUT2D eigenvalue weighted by molar-refractivity contribution is 0.343. The molecule has 0 spiro atoms. The number of halogens is 1. The van der Waals surface area contributed by atoms with E-state index in [0.717, 1.165) is 41.7 Å². The number of fused-ring (bicyclic) bond motifs is 1. The van der Waals surface area contributed by atoms with E-state index in [9.17, 15) is 0 Å². The molecule has 2 aromatic carbocycles. The van der Waals surface area contributed by atoms with E-state index >= 15 is 0 Å². The molecule has 25 heavy (non-hydrogen) atoms. The van der Waals surface area contributed by atoms with Crippen molar-refractivity contribution in [2.75, 3.05) is 25.0 Å². The quantitative estimate of drug-likeness (QED) is 0.686. The first-order valence-electron chi connectivity index (χ1n) is 8.33. The molecule has 1 aliphatic rings. The minimum atomic E-state index is 0.757. The second kappa shape index (κ2) is 6.82. The molecule has 1 aromatic heterocycles. The number of rotatable bonds is 2. The van der Waals surface area contributed by atoms with E-state index in [1.165, 1.54) is 11.3 Å². The van der Waals surface area contributed by atoms with Crippen molar-refractivity contribution in [1.82, 2.24) is 14.9 Å². The first-order chi connectivity index (χ1) is 12.2. The Bertz CT molecular complexity index is 865. The van der Waals surface area contributed by atoms with E-state index in [2.05, 4.69) is 57.1 Å². The van der Waals surface area contributed by atoms with Crippen molar-refractivity contribution in [3.05, 3.63) is 71.5 Å². The third-order valence-electron chi connectivity index (χ3n) is 4.48. The number of benzene rings is 2. The van der Waals surface area contributed by atoms with Crippen LogP contribution in [0.1, 0.15) is 5.56 Å². The van der Waals surface area contributed by atoms with Crippen LogP contribution in [0.3, 0.4) is 0 Å². The second-order valence-electron chi connectivity index (χ2n) is 6.28. The Morgan fingerprint density at radius 2 is 1.72 bits per heavy atom. The highest BCUT2D eigenvalue weighted by atomic mass is 35.5. The second-order valence-corrected chi connectivity index (χ2v) is 6.72. The van der Waals surface area contributed by atoms with E-state index in [1.54, 1.807) is 12.4 Å². The molecular formula is C20H19ClN4. The highest BCUT2D eigenvalue weighted by Crippen LogP contribution is 2.34. The van der Waals surface area contributed by atoms with Gasteiger partial charge in [0.05, 0.1) is 0 Å². The van der Waals surface area contributed by atoms with E-state index in [1.807, 2.05) is 18.2 Å². The lowest BCUT2D eigenvalue weighted by Gasteiger charge is -2.25. The lowest BCUT2D eigenvalue weighted by atomic mass is 10.1. The van der Waals surface area contributed by atoms with Gasteiger partial charge in [0.25, 0.3) is 0 Å². The normalized spacial score (nSPS) is 14.9. The van der Waals surface area contributed by atoms with Gasteiger partial charge in [-0.3, -0.25) is 0 Å². The van der Waals surface area contributed by atoms with Crippen LogP contribution in [0.2, 0.25) is 5.02 Å². The number of hydrogen-bond acceptors (Lipinski definition) is 4. The van der Waals surface area contributed by atoms with Gasteiger partial charge in [-0.05, 0) is 61.1 Å². The third kappa shape index (κ3) is 3.36. The van der Waals surface area contributed by atoms with Gasteiger partial charge in [0.1, 0.15) is 0 Å². The number of anilines is 2. The molecule has 0 bridgehead atoms. The molecular weight excluding hydrogens is 332 g/mol. The number of aromatic nitrogens is 2. The van der Waals surface area contributed by atoms with Crippen LogP contribution >= 0.6 is 11.6 Å². The van der Waals surface area contributed by atoms with E-state index in [-0.39, 0.29) is 0 Å². The predicted molar refractivity (Wildman–Crippen MR) is 102 cm³/mol. The molecule has 0 radical (unpaired) electrons. The summed E-state index contributed by atoms with van der Waals surface area (Å²) in [5.74, 6) is 0.759. The zero-order valence-corrected chi connectivity index (χ0v) is 14.8. The molecule has 2 heterocycles. The molecule has 4 nitrogen and oxygen atoms in total. The summed E-state index contributed by atoms with van der Waals surface area (Å²) in [6.07, 6.45) is 3.56. The summed E-state index contributed by atoms with van der Waals surface area (Å²) in [5.41, 5.74) is 4.71. The van der Waals surface area contributed by atoms with Crippen molar-refractivity contribution in [2.45, 2.75) is 6.54 Å². The highest BCUT2D eigenvalue weighted by molar-refractivity contribution is 6.30. The van der Waals surface area contributed by atoms with Gasteiger partial charge in [-0.15, -0.1) is 0 Å². The largest absolute Gasteiger partial charge is 0.340 e. The fourth-order valence-corrected chi connectivity index (χ4v) is 3.34. The Morgan fingerprint density at radius 1 is 0.960 bits per heavy atom. The minimum Gasteiger partial charge on any atom is -0.340 e. The summed E-state index contributed by atoms with van der Waals surface area (Å²) in [5, 5.41) is 0.757. The third-order valence-corrected chi connectivity index (χ3v) is 4.73. The van der Waals surface area contributed by atoms with Crippen LogP contribution in [0, 0.1) is 0 Å². The van der Waals surface area contributed by atoms with Crippen LogP contribution in [-0.4, -0.2) is 35.0 Å². The van der Waals surface area contributed by atoms with Crippen molar-refractivity contribution < 1.29 is 0 Å². The molecule has 0 aliphatic carbocycles. The van der Waals surface area contributed by atoms with E-state index < -0.39 is 0 Å². The molecule has 3 aromatic rings. The first kappa shape index (κ1) is 16.1. The zero-order valence-electron chi connectivity index (χ0n) is 14.1. The van der Waals surface area contributed by atoms with E-state index in [0.29, 0.717) is 0 Å². The highest BCUT2D eigenvalue weighted by Gasteiger charge is 2.20. The number of likely N-dealkylation sites (N-methyl/N-ethyl adjacent to an activating group) is 1. The molecule has 0 saturated heterocycles. The van der Waals surface area contributed by atoms with Crippen LogP contribution in [0.5, 0.6) is 0 Å². The predicted octanol–water partition coefficient (Wildman–Crippen LogP) is 4.38. The van der Waals surface area contributed by atoms with Gasteiger partial charge in [-0.1, -0.05) is 11.6 Å². The van der Waals surface area contributed by atoms with Gasteiger partial charge in [0, 0.05) is 54.0 Å². The number of hydrogen-bond donors (Lipinski definition) is 0. The van der Waals surface area contributed by atoms with Crippen molar-refractivity contribution in [2.24, 2.45) is 0 Å². The smallest absolute Gasteiger partial charge is 0.159 e. The van der Waals surface area contributed by atoms with E-state index in [4.69, 9.17) is 11.6 Å². The van der Waals surface area contributed by atoms with Gasteiger partial charge in [0.15, 0.2) is 5.82 Å². The molecule has 1 aliphatic heterocycles. The van der Waals surface area contributed by atoms with Gasteiger partial charge >= 0.3 is 0 Å². The summed E-state index contributed by atoms with van der Waals surface area (Å²) in [4.78, 5) is 13.4.